The molecule has 2 bridgehead atoms. The number of carbonyl (C=O) groups is 1. The van der Waals surface area contributed by atoms with Crippen molar-refractivity contribution in [2.24, 2.45) is 10.8 Å². The summed E-state index contributed by atoms with van der Waals surface area (Å²) < 4.78 is 34.6. The first-order valence-corrected chi connectivity index (χ1v) is 13.6. The van der Waals surface area contributed by atoms with Crippen molar-refractivity contribution in [3.05, 3.63) is 46.3 Å². The SMILES string of the molecule is CC1(C)CC2CC(C)(CN2S(=O)(=O)c2ccc(C(=O)Nc3nnc(-c4ccc(Cl)s4)o3)cc2)C1. The summed E-state index contributed by atoms with van der Waals surface area (Å²) in [7, 11) is -3.66. The molecule has 1 amide bonds. The van der Waals surface area contributed by atoms with E-state index in [-0.39, 0.29) is 39.2 Å². The van der Waals surface area contributed by atoms with Gasteiger partial charge in [-0.25, -0.2) is 8.42 Å². The Morgan fingerprint density at radius 2 is 1.88 bits per heavy atom. The minimum Gasteiger partial charge on any atom is -0.402 e. The number of nitrogens with zero attached hydrogens (tertiary/aromatic N) is 3. The zero-order chi connectivity index (χ0) is 24.3. The summed E-state index contributed by atoms with van der Waals surface area (Å²) in [6, 6.07) is 9.36. The Labute approximate surface area is 207 Å². The largest absolute Gasteiger partial charge is 0.402 e. The van der Waals surface area contributed by atoms with Crippen molar-refractivity contribution in [1.29, 1.82) is 0 Å². The standard InChI is InChI=1S/C23H25ClN4O4S2/c1-22(2)10-15-11-23(3,12-22)13-28(15)34(30,31)16-6-4-14(5-7-16)19(29)25-21-27-26-20(32-21)17-8-9-18(24)33-17/h4-9,15H,10-13H2,1-3H3,(H,25,27,29). The summed E-state index contributed by atoms with van der Waals surface area (Å²) in [5, 5.41) is 10.3. The lowest BCUT2D eigenvalue weighted by atomic mass is 9.65. The Balaban J connectivity index is 1.30. The Hall–Kier alpha value is -2.27. The molecule has 8 nitrogen and oxygen atoms in total. The minimum absolute atomic E-state index is 0.00329. The molecule has 1 aromatic carbocycles. The van der Waals surface area contributed by atoms with Gasteiger partial charge in [-0.2, -0.15) is 4.31 Å². The number of aromatic nitrogens is 2. The van der Waals surface area contributed by atoms with Gasteiger partial charge in [0.2, 0.25) is 10.0 Å². The van der Waals surface area contributed by atoms with Crippen molar-refractivity contribution in [3.63, 3.8) is 0 Å². The fourth-order valence-electron chi connectivity index (χ4n) is 5.57. The molecule has 2 aromatic heterocycles. The number of rotatable bonds is 5. The fraction of sp³-hybridized carbons (Fsp3) is 0.435. The smallest absolute Gasteiger partial charge is 0.322 e. The number of hydrogen-bond acceptors (Lipinski definition) is 7. The van der Waals surface area contributed by atoms with Gasteiger partial charge in [-0.15, -0.1) is 16.4 Å². The number of fused-ring (bicyclic) bond motifs is 2. The zero-order valence-electron chi connectivity index (χ0n) is 19.0. The van der Waals surface area contributed by atoms with E-state index in [0.29, 0.717) is 15.8 Å². The lowest BCUT2D eigenvalue weighted by Gasteiger charge is -2.39. The van der Waals surface area contributed by atoms with Gasteiger partial charge in [0.15, 0.2) is 0 Å². The van der Waals surface area contributed by atoms with Crippen molar-refractivity contribution in [2.75, 3.05) is 11.9 Å². The summed E-state index contributed by atoms with van der Waals surface area (Å²) in [6.45, 7) is 7.13. The van der Waals surface area contributed by atoms with Crippen LogP contribution in [-0.4, -0.2) is 41.4 Å². The van der Waals surface area contributed by atoms with Crippen LogP contribution in [0.1, 0.15) is 50.4 Å². The van der Waals surface area contributed by atoms with Gasteiger partial charge < -0.3 is 4.42 Å². The highest BCUT2D eigenvalue weighted by atomic mass is 35.5. The average Bonchev–Trinajstić information content (AvgIpc) is 3.45. The van der Waals surface area contributed by atoms with E-state index >= 15 is 0 Å². The maximum Gasteiger partial charge on any atom is 0.322 e. The number of benzene rings is 1. The Bertz CT molecular complexity index is 1350. The first kappa shape index (κ1) is 23.5. The topological polar surface area (TPSA) is 105 Å². The summed E-state index contributed by atoms with van der Waals surface area (Å²) in [6.07, 6.45) is 2.75. The van der Waals surface area contributed by atoms with Crippen LogP contribution in [0.3, 0.4) is 0 Å². The van der Waals surface area contributed by atoms with Crippen molar-refractivity contribution in [2.45, 2.75) is 51.0 Å². The molecule has 2 unspecified atom stereocenters. The second-order valence-electron chi connectivity index (χ2n) is 10.3. The molecule has 11 heteroatoms. The molecule has 1 aliphatic heterocycles. The lowest BCUT2D eigenvalue weighted by Crippen LogP contribution is -2.37. The van der Waals surface area contributed by atoms with Crippen LogP contribution in [-0.2, 0) is 10.0 Å². The van der Waals surface area contributed by atoms with Crippen LogP contribution >= 0.6 is 22.9 Å². The number of thiophene rings is 1. The first-order chi connectivity index (χ1) is 15.9. The first-order valence-electron chi connectivity index (χ1n) is 11.0. The molecule has 1 saturated carbocycles. The van der Waals surface area contributed by atoms with E-state index in [1.165, 1.54) is 35.6 Å². The fourth-order valence-corrected chi connectivity index (χ4v) is 8.31. The van der Waals surface area contributed by atoms with Crippen LogP contribution in [0, 0.1) is 10.8 Å². The highest BCUT2D eigenvalue weighted by Gasteiger charge is 2.53. The highest BCUT2D eigenvalue weighted by Crippen LogP contribution is 2.53. The maximum atomic E-state index is 13.4. The quantitative estimate of drug-likeness (QED) is 0.489. The van der Waals surface area contributed by atoms with Crippen LogP contribution in [0.2, 0.25) is 4.34 Å². The summed E-state index contributed by atoms with van der Waals surface area (Å²) in [5.41, 5.74) is 0.399. The van der Waals surface area contributed by atoms with E-state index in [1.54, 1.807) is 16.4 Å². The van der Waals surface area contributed by atoms with Crippen molar-refractivity contribution in [3.8, 4) is 10.8 Å². The Morgan fingerprint density at radius 1 is 1.15 bits per heavy atom. The predicted octanol–water partition coefficient (Wildman–Crippen LogP) is 5.29. The lowest BCUT2D eigenvalue weighted by molar-refractivity contribution is 0.102. The minimum atomic E-state index is -3.66. The zero-order valence-corrected chi connectivity index (χ0v) is 21.4. The van der Waals surface area contributed by atoms with E-state index in [0.717, 1.165) is 19.3 Å². The van der Waals surface area contributed by atoms with Crippen molar-refractivity contribution in [1.82, 2.24) is 14.5 Å². The summed E-state index contributed by atoms with van der Waals surface area (Å²) in [5.74, 6) is -0.226. The molecule has 2 aliphatic rings. The molecule has 5 rings (SSSR count). The molecule has 2 fully saturated rings. The van der Waals surface area contributed by atoms with Gasteiger partial charge >= 0.3 is 6.01 Å². The van der Waals surface area contributed by atoms with Crippen molar-refractivity contribution < 1.29 is 17.6 Å². The third-order valence-corrected chi connectivity index (χ3v) is 9.65. The van der Waals surface area contributed by atoms with Gasteiger partial charge in [0.05, 0.1) is 14.1 Å². The highest BCUT2D eigenvalue weighted by molar-refractivity contribution is 7.89. The molecule has 0 radical (unpaired) electrons. The number of halogens is 1. The predicted molar refractivity (Wildman–Crippen MR) is 130 cm³/mol. The molecule has 1 N–H and O–H groups in total. The monoisotopic (exact) mass is 520 g/mol. The Morgan fingerprint density at radius 3 is 2.56 bits per heavy atom. The number of carbonyl (C=O) groups excluding carboxylic acids is 1. The summed E-state index contributed by atoms with van der Waals surface area (Å²) in [4.78, 5) is 13.5. The number of amides is 1. The number of hydrogen-bond donors (Lipinski definition) is 1. The van der Waals surface area contributed by atoms with E-state index in [2.05, 4.69) is 36.3 Å². The van der Waals surface area contributed by atoms with E-state index < -0.39 is 15.9 Å². The Kier molecular flexibility index (Phi) is 5.63. The van der Waals surface area contributed by atoms with Gasteiger partial charge in [-0.05, 0) is 66.5 Å². The normalized spacial score (nSPS) is 24.3. The number of nitrogens with one attached hydrogen (secondary N) is 1. The van der Waals surface area contributed by atoms with Gasteiger partial charge in [0, 0.05) is 18.2 Å². The van der Waals surface area contributed by atoms with Crippen LogP contribution < -0.4 is 5.32 Å². The van der Waals surface area contributed by atoms with Gasteiger partial charge in [-0.3, -0.25) is 10.1 Å². The van der Waals surface area contributed by atoms with Gasteiger partial charge in [0.1, 0.15) is 0 Å². The summed E-state index contributed by atoms with van der Waals surface area (Å²) >= 11 is 7.21. The molecule has 1 aliphatic carbocycles. The van der Waals surface area contributed by atoms with E-state index in [4.69, 9.17) is 16.0 Å². The molecule has 180 valence electrons. The second-order valence-corrected chi connectivity index (χ2v) is 13.9. The van der Waals surface area contributed by atoms with Crippen LogP contribution in [0.4, 0.5) is 6.01 Å². The number of anilines is 1. The maximum absolute atomic E-state index is 13.4. The molecular formula is C23H25ClN4O4S2. The van der Waals surface area contributed by atoms with Crippen molar-refractivity contribution >= 4 is 44.9 Å². The van der Waals surface area contributed by atoms with Gasteiger partial charge in [0.25, 0.3) is 11.8 Å². The van der Waals surface area contributed by atoms with E-state index in [9.17, 15) is 13.2 Å². The molecule has 1 saturated heterocycles. The van der Waals surface area contributed by atoms with Crippen LogP contribution in [0.5, 0.6) is 0 Å². The van der Waals surface area contributed by atoms with E-state index in [1.807, 2.05) is 0 Å². The van der Waals surface area contributed by atoms with Crippen LogP contribution in [0.15, 0.2) is 45.7 Å². The molecule has 3 aromatic rings. The third kappa shape index (κ3) is 4.39. The molecule has 34 heavy (non-hydrogen) atoms. The molecular weight excluding hydrogens is 496 g/mol. The second kappa shape index (κ2) is 8.15. The molecule has 3 heterocycles. The molecule has 0 spiro atoms. The molecule has 2 atom stereocenters. The average molecular weight is 521 g/mol. The van der Waals surface area contributed by atoms with Gasteiger partial charge in [-0.1, -0.05) is 37.5 Å². The third-order valence-electron chi connectivity index (χ3n) is 6.52. The van der Waals surface area contributed by atoms with Crippen LogP contribution in [0.25, 0.3) is 10.8 Å². The number of sulfonamides is 1.